The Hall–Kier alpha value is -4.45. The molecular weight excluding hydrogens is 674 g/mol. The number of aliphatic hydroxyl groups is 1. The van der Waals surface area contributed by atoms with E-state index in [2.05, 4.69) is 5.32 Å². The van der Waals surface area contributed by atoms with Gasteiger partial charge in [-0.15, -0.1) is 0 Å². The average Bonchev–Trinajstić information content (AvgIpc) is 3.54. The number of halogens is 1. The van der Waals surface area contributed by atoms with Crippen LogP contribution in [0, 0.1) is 0 Å². The summed E-state index contributed by atoms with van der Waals surface area (Å²) in [5.41, 5.74) is 3.65. The number of hydrogen-bond donors (Lipinski definition) is 2. The standard InChI is InChI=1S/C40H44ClNO9/c1-29(42-26-35(43)33-15-8-16-34(41)25-33)23-32-17-18-36-37(24-32)51-40(50-36,38(44)48-21-9-19-46-27-30-11-4-2-5-12-30)39(45)49-22-10-20-47-28-31-13-6-3-7-14-31/h2-8,11-18,24-25,29,35,42-43H,9-10,19-23,26-28H2,1H3/t29-,35?/m1/s1. The van der Waals surface area contributed by atoms with Crippen LogP contribution in [-0.2, 0) is 48.2 Å². The molecule has 1 aliphatic heterocycles. The highest BCUT2D eigenvalue weighted by molar-refractivity contribution is 6.30. The zero-order valence-electron chi connectivity index (χ0n) is 28.6. The van der Waals surface area contributed by atoms with Crippen LogP contribution in [0.1, 0.15) is 48.1 Å². The van der Waals surface area contributed by atoms with Crippen molar-refractivity contribution in [3.63, 3.8) is 0 Å². The van der Waals surface area contributed by atoms with Gasteiger partial charge in [0.1, 0.15) is 0 Å². The van der Waals surface area contributed by atoms with Gasteiger partial charge in [-0.25, -0.2) is 9.59 Å². The van der Waals surface area contributed by atoms with E-state index >= 15 is 0 Å². The first-order valence-electron chi connectivity index (χ1n) is 17.1. The number of fused-ring (bicyclic) bond motifs is 1. The second-order valence-corrected chi connectivity index (χ2v) is 12.7. The molecule has 0 amide bonds. The van der Waals surface area contributed by atoms with Gasteiger partial charge in [-0.05, 0) is 59.9 Å². The van der Waals surface area contributed by atoms with Crippen LogP contribution in [0.5, 0.6) is 11.5 Å². The van der Waals surface area contributed by atoms with Gasteiger partial charge in [0, 0.05) is 30.5 Å². The van der Waals surface area contributed by atoms with Crippen molar-refractivity contribution in [3.05, 3.63) is 130 Å². The minimum Gasteiger partial charge on any atom is -0.459 e. The lowest BCUT2D eigenvalue weighted by Gasteiger charge is -2.23. The molecule has 2 N–H and O–H groups in total. The molecule has 0 bridgehead atoms. The number of ether oxygens (including phenoxy) is 6. The first-order valence-corrected chi connectivity index (χ1v) is 17.5. The number of aliphatic hydroxyl groups excluding tert-OH is 1. The summed E-state index contributed by atoms with van der Waals surface area (Å²) in [5, 5.41) is 14.5. The molecule has 51 heavy (non-hydrogen) atoms. The third kappa shape index (κ3) is 11.3. The average molecular weight is 718 g/mol. The predicted octanol–water partition coefficient (Wildman–Crippen LogP) is 6.36. The third-order valence-electron chi connectivity index (χ3n) is 8.04. The molecule has 10 nitrogen and oxygen atoms in total. The summed E-state index contributed by atoms with van der Waals surface area (Å²) < 4.78 is 34.2. The molecule has 4 aromatic rings. The van der Waals surface area contributed by atoms with E-state index in [1.807, 2.05) is 79.7 Å². The van der Waals surface area contributed by atoms with E-state index < -0.39 is 23.8 Å². The Balaban J connectivity index is 1.15. The Bertz CT molecular complexity index is 1620. The fourth-order valence-electron chi connectivity index (χ4n) is 5.36. The Labute approximate surface area is 303 Å². The summed E-state index contributed by atoms with van der Waals surface area (Å²) in [6.45, 7) is 3.82. The van der Waals surface area contributed by atoms with Crippen molar-refractivity contribution in [2.24, 2.45) is 0 Å². The van der Waals surface area contributed by atoms with Crippen LogP contribution >= 0.6 is 11.6 Å². The molecule has 0 aliphatic carbocycles. The lowest BCUT2D eigenvalue weighted by molar-refractivity contribution is -0.203. The second kappa shape index (κ2) is 19.2. The molecule has 0 radical (unpaired) electrons. The van der Waals surface area contributed by atoms with Gasteiger partial charge < -0.3 is 38.8 Å². The molecule has 0 aromatic heterocycles. The topological polar surface area (TPSA) is 122 Å². The number of nitrogens with one attached hydrogen (secondary N) is 1. The van der Waals surface area contributed by atoms with Crippen molar-refractivity contribution < 1.29 is 43.1 Å². The minimum absolute atomic E-state index is 0.0193. The molecule has 2 atom stereocenters. The highest BCUT2D eigenvalue weighted by Gasteiger charge is 2.59. The summed E-state index contributed by atoms with van der Waals surface area (Å²) in [5.74, 6) is -4.06. The monoisotopic (exact) mass is 717 g/mol. The van der Waals surface area contributed by atoms with E-state index in [-0.39, 0.29) is 30.8 Å². The Morgan fingerprint density at radius 3 is 1.90 bits per heavy atom. The van der Waals surface area contributed by atoms with Gasteiger partial charge in [0.2, 0.25) is 0 Å². The summed E-state index contributed by atoms with van der Waals surface area (Å²) in [6.07, 6.45) is 0.631. The summed E-state index contributed by atoms with van der Waals surface area (Å²) in [6, 6.07) is 31.8. The van der Waals surface area contributed by atoms with Gasteiger partial charge in [0.15, 0.2) is 11.5 Å². The molecule has 5 rings (SSSR count). The molecule has 1 aliphatic rings. The van der Waals surface area contributed by atoms with Gasteiger partial charge in [-0.3, -0.25) is 0 Å². The van der Waals surface area contributed by atoms with Crippen molar-refractivity contribution in [2.45, 2.75) is 57.3 Å². The van der Waals surface area contributed by atoms with E-state index in [1.165, 1.54) is 0 Å². The molecule has 0 saturated carbocycles. The largest absolute Gasteiger partial charge is 0.459 e. The summed E-state index contributed by atoms with van der Waals surface area (Å²) in [4.78, 5) is 27.0. The molecule has 0 fully saturated rings. The smallest absolute Gasteiger partial charge is 0.453 e. The normalized spacial score (nSPS) is 14.1. The van der Waals surface area contributed by atoms with Crippen molar-refractivity contribution in [2.75, 3.05) is 33.0 Å². The highest BCUT2D eigenvalue weighted by Crippen LogP contribution is 2.41. The lowest BCUT2D eigenvalue weighted by atomic mass is 10.1. The third-order valence-corrected chi connectivity index (χ3v) is 8.28. The summed E-state index contributed by atoms with van der Waals surface area (Å²) in [7, 11) is 0. The quantitative estimate of drug-likeness (QED) is 0.0607. The fourth-order valence-corrected chi connectivity index (χ4v) is 5.56. The fraction of sp³-hybridized carbons (Fsp3) is 0.350. The zero-order chi connectivity index (χ0) is 35.9. The molecule has 0 saturated heterocycles. The number of hydrogen-bond acceptors (Lipinski definition) is 10. The van der Waals surface area contributed by atoms with E-state index in [0.717, 1.165) is 22.3 Å². The van der Waals surface area contributed by atoms with E-state index in [4.69, 9.17) is 40.0 Å². The van der Waals surface area contributed by atoms with Crippen molar-refractivity contribution in [3.8, 4) is 11.5 Å². The van der Waals surface area contributed by atoms with Crippen molar-refractivity contribution >= 4 is 23.5 Å². The molecule has 0 spiro atoms. The van der Waals surface area contributed by atoms with Crippen LogP contribution in [0.2, 0.25) is 5.02 Å². The van der Waals surface area contributed by atoms with Crippen molar-refractivity contribution in [1.82, 2.24) is 5.32 Å². The molecule has 270 valence electrons. The molecule has 11 heteroatoms. The van der Waals surface area contributed by atoms with Crippen molar-refractivity contribution in [1.29, 1.82) is 0 Å². The minimum atomic E-state index is -2.46. The Morgan fingerprint density at radius 2 is 1.31 bits per heavy atom. The molecule has 1 unspecified atom stereocenters. The zero-order valence-corrected chi connectivity index (χ0v) is 29.4. The number of rotatable bonds is 20. The number of carbonyl (C=O) groups is 2. The van der Waals surface area contributed by atoms with Crippen LogP contribution in [-0.4, -0.2) is 61.8 Å². The number of benzene rings is 4. The van der Waals surface area contributed by atoms with Crippen LogP contribution in [0.15, 0.2) is 103 Å². The van der Waals surface area contributed by atoms with E-state index in [0.29, 0.717) is 57.3 Å². The van der Waals surface area contributed by atoms with Crippen LogP contribution in [0.3, 0.4) is 0 Å². The van der Waals surface area contributed by atoms with Crippen LogP contribution in [0.25, 0.3) is 0 Å². The Morgan fingerprint density at radius 1 is 0.725 bits per heavy atom. The first kappa shape index (κ1) is 37.8. The maximum atomic E-state index is 13.5. The predicted molar refractivity (Wildman–Crippen MR) is 191 cm³/mol. The van der Waals surface area contributed by atoms with Crippen LogP contribution in [0.4, 0.5) is 0 Å². The number of esters is 2. The first-order chi connectivity index (χ1) is 24.8. The highest BCUT2D eigenvalue weighted by atomic mass is 35.5. The van der Waals surface area contributed by atoms with Gasteiger partial charge in [-0.1, -0.05) is 90.5 Å². The SMILES string of the molecule is C[C@H](Cc1ccc2c(c1)OC(C(=O)OCCCOCc1ccccc1)(C(=O)OCCCOCc1ccccc1)O2)NCC(O)c1cccc(Cl)c1. The van der Waals surface area contributed by atoms with Gasteiger partial charge in [0.05, 0.1) is 45.7 Å². The summed E-state index contributed by atoms with van der Waals surface area (Å²) >= 11 is 6.07. The van der Waals surface area contributed by atoms with E-state index in [1.54, 1.807) is 30.3 Å². The van der Waals surface area contributed by atoms with Crippen LogP contribution < -0.4 is 14.8 Å². The maximum Gasteiger partial charge on any atom is 0.453 e. The van der Waals surface area contributed by atoms with Gasteiger partial charge in [-0.2, -0.15) is 0 Å². The van der Waals surface area contributed by atoms with Gasteiger partial charge >= 0.3 is 17.7 Å². The lowest BCUT2D eigenvalue weighted by Crippen LogP contribution is -2.56. The molecular formula is C40H44ClNO9. The second-order valence-electron chi connectivity index (χ2n) is 12.2. The molecule has 1 heterocycles. The number of carbonyl (C=O) groups excluding carboxylic acids is 2. The van der Waals surface area contributed by atoms with Gasteiger partial charge in [0.25, 0.3) is 0 Å². The molecule has 4 aromatic carbocycles. The maximum absolute atomic E-state index is 13.5. The Kier molecular flexibility index (Phi) is 14.3. The van der Waals surface area contributed by atoms with E-state index in [9.17, 15) is 14.7 Å².